The van der Waals surface area contributed by atoms with Gasteiger partial charge in [0.2, 0.25) is 0 Å². The predicted octanol–water partition coefficient (Wildman–Crippen LogP) is 17.3. The van der Waals surface area contributed by atoms with Crippen molar-refractivity contribution in [2.75, 3.05) is 4.90 Å². The van der Waals surface area contributed by atoms with E-state index in [0.29, 0.717) is 0 Å². The van der Waals surface area contributed by atoms with Gasteiger partial charge in [-0.05, 0) is 124 Å². The highest BCUT2D eigenvalue weighted by molar-refractivity contribution is 6.15. The molecule has 0 spiro atoms. The van der Waals surface area contributed by atoms with Crippen molar-refractivity contribution in [3.05, 3.63) is 236 Å². The molecule has 0 bridgehead atoms. The molecule has 10 aromatic carbocycles. The molecule has 2 aromatic heterocycles. The lowest BCUT2D eigenvalue weighted by Crippen LogP contribution is -2.11. The quantitative estimate of drug-likeness (QED) is 0.160. The van der Waals surface area contributed by atoms with Gasteiger partial charge in [0.05, 0.1) is 11.2 Å². The molecule has 13 rings (SSSR count). The smallest absolute Gasteiger partial charge is 0.143 e. The number of hydrogen-bond acceptors (Lipinski definition) is 2. The van der Waals surface area contributed by atoms with Crippen LogP contribution in [0.25, 0.3) is 99.5 Å². The number of para-hydroxylation sites is 2. The summed E-state index contributed by atoms with van der Waals surface area (Å²) in [7, 11) is 0. The number of anilines is 3. The summed E-state index contributed by atoms with van der Waals surface area (Å²) in [6.07, 6.45) is 6.70. The highest BCUT2D eigenvalue weighted by atomic mass is 16.3. The van der Waals surface area contributed by atoms with Crippen molar-refractivity contribution in [2.45, 2.75) is 12.8 Å². The molecule has 306 valence electrons. The molecule has 0 unspecified atom stereocenters. The zero-order valence-electron chi connectivity index (χ0n) is 35.7. The van der Waals surface area contributed by atoms with Crippen LogP contribution >= 0.6 is 0 Å². The summed E-state index contributed by atoms with van der Waals surface area (Å²) >= 11 is 0. The van der Waals surface area contributed by atoms with Crippen molar-refractivity contribution in [1.82, 2.24) is 4.57 Å². The molecule has 0 saturated carbocycles. The summed E-state index contributed by atoms with van der Waals surface area (Å²) in [4.78, 5) is 2.40. The Morgan fingerprint density at radius 3 is 1.94 bits per heavy atom. The van der Waals surface area contributed by atoms with E-state index >= 15 is 0 Å². The van der Waals surface area contributed by atoms with Gasteiger partial charge in [-0.2, -0.15) is 0 Å². The number of rotatable bonds is 7. The number of nitrogens with zero attached hydrogens (tertiary/aromatic N) is 2. The number of fused-ring (bicyclic) bond motifs is 9. The summed E-state index contributed by atoms with van der Waals surface area (Å²) in [5.74, 6) is 0. The molecule has 3 heteroatoms. The first-order valence-corrected chi connectivity index (χ1v) is 22.5. The molecule has 0 radical (unpaired) electrons. The Kier molecular flexibility index (Phi) is 8.67. The number of furan rings is 1. The standard InChI is InChI=1S/C62H42N2O/c1-3-18-50-42(13-1)15-12-23-51(50)44-29-35-48(36-30-44)63(58-24-8-5-19-52(58)46-32-38-61-57(40-46)56-37-31-43-14-2-4-20-53(43)62(56)65-61)47-33-27-41(28-34-47)45-16-11-17-49(39-45)64-59-25-9-6-21-54(59)55-22-7-10-26-60(55)64/h1-9,11-25,27-40H,10,26H2. The molecule has 3 nitrogen and oxygen atoms in total. The third kappa shape index (κ3) is 6.19. The summed E-state index contributed by atoms with van der Waals surface area (Å²) in [6.45, 7) is 0. The van der Waals surface area contributed by atoms with Gasteiger partial charge in [0.15, 0.2) is 0 Å². The van der Waals surface area contributed by atoms with E-state index < -0.39 is 0 Å². The van der Waals surface area contributed by atoms with E-state index in [4.69, 9.17) is 4.42 Å². The molecular weight excluding hydrogens is 789 g/mol. The van der Waals surface area contributed by atoms with Gasteiger partial charge in [0.1, 0.15) is 11.2 Å². The third-order valence-electron chi connectivity index (χ3n) is 13.5. The molecule has 0 fully saturated rings. The van der Waals surface area contributed by atoms with Gasteiger partial charge in [-0.15, -0.1) is 0 Å². The molecule has 1 aliphatic carbocycles. The van der Waals surface area contributed by atoms with E-state index in [1.165, 1.54) is 66.3 Å². The summed E-state index contributed by atoms with van der Waals surface area (Å²) in [5.41, 5.74) is 17.3. The van der Waals surface area contributed by atoms with Crippen LogP contribution < -0.4 is 4.90 Å². The Hall–Kier alpha value is -8.40. The molecule has 0 atom stereocenters. The highest BCUT2D eigenvalue weighted by Gasteiger charge is 2.21. The Bertz CT molecular complexity index is 3820. The fourth-order valence-electron chi connectivity index (χ4n) is 10.4. The van der Waals surface area contributed by atoms with Gasteiger partial charge in [-0.3, -0.25) is 0 Å². The van der Waals surface area contributed by atoms with Gasteiger partial charge >= 0.3 is 0 Å². The molecule has 2 heterocycles. The number of benzene rings is 10. The van der Waals surface area contributed by atoms with Crippen LogP contribution in [-0.4, -0.2) is 4.57 Å². The van der Waals surface area contributed by atoms with Crippen molar-refractivity contribution < 1.29 is 4.42 Å². The van der Waals surface area contributed by atoms with Crippen molar-refractivity contribution in [3.63, 3.8) is 0 Å². The lowest BCUT2D eigenvalue weighted by molar-refractivity contribution is 0.672. The SMILES string of the molecule is C1=Cc2c(n(-c3cccc(-c4ccc(N(c5ccc(-c6cccc7ccccc67)cc5)c5ccccc5-c5ccc6oc7c8ccccc8ccc7c6c5)cc4)c3)c3ccccc23)CC1. The monoisotopic (exact) mass is 830 g/mol. The summed E-state index contributed by atoms with van der Waals surface area (Å²) < 4.78 is 9.02. The molecule has 0 amide bonds. The number of aromatic nitrogens is 1. The van der Waals surface area contributed by atoms with Crippen LogP contribution in [0, 0.1) is 0 Å². The molecule has 12 aromatic rings. The number of allylic oxidation sites excluding steroid dienone is 1. The van der Waals surface area contributed by atoms with E-state index in [1.807, 2.05) is 0 Å². The van der Waals surface area contributed by atoms with Crippen LogP contribution in [0.1, 0.15) is 17.7 Å². The van der Waals surface area contributed by atoms with Crippen molar-refractivity contribution in [2.24, 2.45) is 0 Å². The largest absolute Gasteiger partial charge is 0.455 e. The highest BCUT2D eigenvalue weighted by Crippen LogP contribution is 2.44. The Morgan fingerprint density at radius 1 is 0.431 bits per heavy atom. The van der Waals surface area contributed by atoms with Crippen LogP contribution in [-0.2, 0) is 6.42 Å². The van der Waals surface area contributed by atoms with Gasteiger partial charge in [-0.1, -0.05) is 164 Å². The van der Waals surface area contributed by atoms with Crippen molar-refractivity contribution in [3.8, 4) is 39.1 Å². The Morgan fingerprint density at radius 2 is 1.09 bits per heavy atom. The Balaban J connectivity index is 0.930. The van der Waals surface area contributed by atoms with Crippen LogP contribution in [0.2, 0.25) is 0 Å². The molecule has 0 aliphatic heterocycles. The third-order valence-corrected chi connectivity index (χ3v) is 13.5. The van der Waals surface area contributed by atoms with Crippen LogP contribution in [0.15, 0.2) is 229 Å². The maximum atomic E-state index is 6.55. The summed E-state index contributed by atoms with van der Waals surface area (Å²) in [5, 5.41) is 8.35. The van der Waals surface area contributed by atoms with E-state index in [-0.39, 0.29) is 0 Å². The summed E-state index contributed by atoms with van der Waals surface area (Å²) in [6, 6.07) is 79.4. The van der Waals surface area contributed by atoms with Gasteiger partial charge in [-0.25, -0.2) is 0 Å². The second kappa shape index (κ2) is 15.1. The maximum absolute atomic E-state index is 6.55. The number of hydrogen-bond donors (Lipinski definition) is 0. The van der Waals surface area contributed by atoms with Gasteiger partial charge in [0, 0.05) is 55.4 Å². The van der Waals surface area contributed by atoms with E-state index in [2.05, 4.69) is 240 Å². The van der Waals surface area contributed by atoms with E-state index in [0.717, 1.165) is 68.4 Å². The maximum Gasteiger partial charge on any atom is 0.143 e. The van der Waals surface area contributed by atoms with Crippen LogP contribution in [0.3, 0.4) is 0 Å². The minimum Gasteiger partial charge on any atom is -0.455 e. The van der Waals surface area contributed by atoms with Crippen LogP contribution in [0.5, 0.6) is 0 Å². The van der Waals surface area contributed by atoms with Crippen molar-refractivity contribution in [1.29, 1.82) is 0 Å². The second-order valence-electron chi connectivity index (χ2n) is 17.2. The van der Waals surface area contributed by atoms with E-state index in [1.54, 1.807) is 0 Å². The van der Waals surface area contributed by atoms with Gasteiger partial charge < -0.3 is 13.9 Å². The predicted molar refractivity (Wildman–Crippen MR) is 274 cm³/mol. The second-order valence-corrected chi connectivity index (χ2v) is 17.2. The van der Waals surface area contributed by atoms with Gasteiger partial charge in [0.25, 0.3) is 0 Å². The first-order valence-electron chi connectivity index (χ1n) is 22.5. The zero-order valence-corrected chi connectivity index (χ0v) is 35.7. The lowest BCUT2D eigenvalue weighted by Gasteiger charge is -2.28. The normalized spacial score (nSPS) is 12.4. The van der Waals surface area contributed by atoms with E-state index in [9.17, 15) is 0 Å². The fourth-order valence-corrected chi connectivity index (χ4v) is 10.4. The minimum absolute atomic E-state index is 0.889. The zero-order chi connectivity index (χ0) is 42.8. The lowest BCUT2D eigenvalue weighted by atomic mass is 9.97. The minimum atomic E-state index is 0.889. The molecule has 0 saturated heterocycles. The Labute approximate surface area is 377 Å². The van der Waals surface area contributed by atoms with Crippen molar-refractivity contribution >= 4 is 77.5 Å². The first kappa shape index (κ1) is 37.2. The molecule has 65 heavy (non-hydrogen) atoms. The fraction of sp³-hybridized carbons (Fsp3) is 0.0323. The first-order chi connectivity index (χ1) is 32.2. The topological polar surface area (TPSA) is 21.3 Å². The molecular formula is C62H42N2O. The molecule has 0 N–H and O–H groups in total. The average molecular weight is 831 g/mol. The average Bonchev–Trinajstić information content (AvgIpc) is 3.93. The van der Waals surface area contributed by atoms with Crippen LogP contribution in [0.4, 0.5) is 17.1 Å². The molecule has 1 aliphatic rings.